The number of nitrogens with zero attached hydrogens (tertiary/aromatic N) is 2. The Morgan fingerprint density at radius 1 is 1.10 bits per heavy atom. The van der Waals surface area contributed by atoms with Crippen molar-refractivity contribution in [3.8, 4) is 17.6 Å². The molecule has 0 aliphatic heterocycles. The molecule has 3 nitrogen and oxygen atoms in total. The van der Waals surface area contributed by atoms with Gasteiger partial charge in [-0.15, -0.1) is 0 Å². The molecule has 3 rings (SSSR count). The topological polar surface area (TPSA) is 45.9 Å². The first-order chi connectivity index (χ1) is 9.78. The van der Waals surface area contributed by atoms with E-state index in [-0.39, 0.29) is 0 Å². The normalized spacial score (nSPS) is 10.2. The van der Waals surface area contributed by atoms with E-state index in [1.165, 1.54) is 0 Å². The van der Waals surface area contributed by atoms with E-state index in [9.17, 15) is 0 Å². The van der Waals surface area contributed by atoms with Gasteiger partial charge in [-0.3, -0.25) is 4.98 Å². The third kappa shape index (κ3) is 2.29. The summed E-state index contributed by atoms with van der Waals surface area (Å²) in [4.78, 5) is 4.27. The van der Waals surface area contributed by atoms with Gasteiger partial charge in [0, 0.05) is 17.6 Å². The van der Waals surface area contributed by atoms with Crippen LogP contribution in [-0.2, 0) is 0 Å². The number of nitriles is 1. The van der Waals surface area contributed by atoms with E-state index in [4.69, 9.17) is 21.6 Å². The average Bonchev–Trinajstić information content (AvgIpc) is 2.47. The zero-order chi connectivity index (χ0) is 13.9. The molecule has 0 fully saturated rings. The molecule has 0 bridgehead atoms. The van der Waals surface area contributed by atoms with Crippen LogP contribution in [0.1, 0.15) is 5.56 Å². The molecule has 20 heavy (non-hydrogen) atoms. The molecule has 4 heteroatoms. The van der Waals surface area contributed by atoms with Gasteiger partial charge in [0.15, 0.2) is 0 Å². The SMILES string of the molecule is N#Cc1c(Cl)cccc1Oc1ccc2cccnc2c1. The van der Waals surface area contributed by atoms with Gasteiger partial charge in [0.2, 0.25) is 0 Å². The standard InChI is InChI=1S/C16H9ClN2O/c17-14-4-1-5-16(13(14)10-18)20-12-7-6-11-3-2-8-19-15(11)9-12/h1-9H. The van der Waals surface area contributed by atoms with Crippen molar-refractivity contribution in [2.24, 2.45) is 0 Å². The molecule has 0 spiro atoms. The van der Waals surface area contributed by atoms with Crippen molar-refractivity contribution in [2.75, 3.05) is 0 Å². The lowest BCUT2D eigenvalue weighted by Gasteiger charge is -2.08. The third-order valence-corrected chi connectivity index (χ3v) is 3.21. The van der Waals surface area contributed by atoms with Gasteiger partial charge in [-0.05, 0) is 30.3 Å². The largest absolute Gasteiger partial charge is 0.456 e. The highest BCUT2D eigenvalue weighted by molar-refractivity contribution is 6.31. The van der Waals surface area contributed by atoms with Gasteiger partial charge in [-0.2, -0.15) is 5.26 Å². The molecule has 0 aliphatic carbocycles. The Morgan fingerprint density at radius 3 is 2.85 bits per heavy atom. The molecular formula is C16H9ClN2O. The Labute approximate surface area is 121 Å². The molecule has 0 radical (unpaired) electrons. The van der Waals surface area contributed by atoms with Crippen LogP contribution in [0.5, 0.6) is 11.5 Å². The Morgan fingerprint density at radius 2 is 2.00 bits per heavy atom. The van der Waals surface area contributed by atoms with Crippen molar-refractivity contribution >= 4 is 22.5 Å². The fourth-order valence-electron chi connectivity index (χ4n) is 1.93. The predicted molar refractivity (Wildman–Crippen MR) is 78.0 cm³/mol. The van der Waals surface area contributed by atoms with E-state index in [0.717, 1.165) is 10.9 Å². The number of fused-ring (bicyclic) bond motifs is 1. The summed E-state index contributed by atoms with van der Waals surface area (Å²) >= 11 is 5.98. The number of aromatic nitrogens is 1. The average molecular weight is 281 g/mol. The minimum absolute atomic E-state index is 0.329. The highest BCUT2D eigenvalue weighted by Crippen LogP contribution is 2.30. The smallest absolute Gasteiger partial charge is 0.146 e. The molecule has 0 saturated heterocycles. The van der Waals surface area contributed by atoms with E-state index >= 15 is 0 Å². The number of benzene rings is 2. The monoisotopic (exact) mass is 280 g/mol. The van der Waals surface area contributed by atoms with Crippen molar-refractivity contribution < 1.29 is 4.74 Å². The summed E-state index contributed by atoms with van der Waals surface area (Å²) in [6.45, 7) is 0. The molecule has 0 atom stereocenters. The summed E-state index contributed by atoms with van der Waals surface area (Å²) in [6, 6.07) is 16.6. The molecule has 0 N–H and O–H groups in total. The first-order valence-electron chi connectivity index (χ1n) is 5.99. The van der Waals surface area contributed by atoms with Gasteiger partial charge < -0.3 is 4.74 Å². The minimum atomic E-state index is 0.329. The van der Waals surface area contributed by atoms with Gasteiger partial charge in [-0.1, -0.05) is 23.7 Å². The van der Waals surface area contributed by atoms with Crippen molar-refractivity contribution in [1.29, 1.82) is 5.26 Å². The second-order valence-electron chi connectivity index (χ2n) is 4.18. The number of rotatable bonds is 2. The number of hydrogen-bond acceptors (Lipinski definition) is 3. The molecular weight excluding hydrogens is 272 g/mol. The van der Waals surface area contributed by atoms with Crippen molar-refractivity contribution in [2.45, 2.75) is 0 Å². The van der Waals surface area contributed by atoms with Crippen LogP contribution in [0.4, 0.5) is 0 Å². The number of ether oxygens (including phenoxy) is 1. The van der Waals surface area contributed by atoms with Gasteiger partial charge >= 0.3 is 0 Å². The molecule has 0 unspecified atom stereocenters. The molecule has 3 aromatic rings. The van der Waals surface area contributed by atoms with Crippen LogP contribution in [0.3, 0.4) is 0 Å². The maximum Gasteiger partial charge on any atom is 0.146 e. The van der Waals surface area contributed by atoms with Gasteiger partial charge in [0.05, 0.1) is 10.5 Å². The van der Waals surface area contributed by atoms with Crippen molar-refractivity contribution in [3.05, 3.63) is 65.3 Å². The van der Waals surface area contributed by atoms with Crippen LogP contribution < -0.4 is 4.74 Å². The quantitative estimate of drug-likeness (QED) is 0.691. The number of hydrogen-bond donors (Lipinski definition) is 0. The van der Waals surface area contributed by atoms with Crippen LogP contribution >= 0.6 is 11.6 Å². The van der Waals surface area contributed by atoms with Crippen molar-refractivity contribution in [3.63, 3.8) is 0 Å². The number of halogens is 1. The first kappa shape index (κ1) is 12.5. The van der Waals surface area contributed by atoms with Gasteiger partial charge in [0.25, 0.3) is 0 Å². The number of pyridine rings is 1. The van der Waals surface area contributed by atoms with Crippen LogP contribution in [-0.4, -0.2) is 4.98 Å². The lowest BCUT2D eigenvalue weighted by molar-refractivity contribution is 0.482. The maximum atomic E-state index is 9.12. The highest BCUT2D eigenvalue weighted by Gasteiger charge is 2.08. The summed E-state index contributed by atoms with van der Waals surface area (Å²) in [5.74, 6) is 1.06. The van der Waals surface area contributed by atoms with Crippen LogP contribution in [0, 0.1) is 11.3 Å². The molecule has 0 aliphatic rings. The second-order valence-corrected chi connectivity index (χ2v) is 4.59. The molecule has 0 amide bonds. The predicted octanol–water partition coefficient (Wildman–Crippen LogP) is 4.55. The van der Waals surface area contributed by atoms with Gasteiger partial charge in [-0.25, -0.2) is 0 Å². The fourth-order valence-corrected chi connectivity index (χ4v) is 2.14. The Kier molecular flexibility index (Phi) is 3.24. The lowest BCUT2D eigenvalue weighted by atomic mass is 10.2. The van der Waals surface area contributed by atoms with Crippen LogP contribution in [0.15, 0.2) is 54.7 Å². The highest BCUT2D eigenvalue weighted by atomic mass is 35.5. The summed E-state index contributed by atoms with van der Waals surface area (Å²) in [5, 5.41) is 10.5. The lowest BCUT2D eigenvalue weighted by Crippen LogP contribution is -1.89. The van der Waals surface area contributed by atoms with Crippen LogP contribution in [0.2, 0.25) is 5.02 Å². The zero-order valence-electron chi connectivity index (χ0n) is 10.4. The minimum Gasteiger partial charge on any atom is -0.456 e. The van der Waals surface area contributed by atoms with Gasteiger partial charge in [0.1, 0.15) is 23.1 Å². The van der Waals surface area contributed by atoms with E-state index in [1.807, 2.05) is 36.4 Å². The Hall–Kier alpha value is -2.57. The zero-order valence-corrected chi connectivity index (χ0v) is 11.1. The van der Waals surface area contributed by atoms with E-state index in [2.05, 4.69) is 4.98 Å². The summed E-state index contributed by atoms with van der Waals surface area (Å²) in [6.07, 6.45) is 1.73. The Bertz CT molecular complexity index is 824. The molecule has 1 heterocycles. The van der Waals surface area contributed by atoms with Crippen molar-refractivity contribution in [1.82, 2.24) is 4.98 Å². The maximum absolute atomic E-state index is 9.12. The molecule has 96 valence electrons. The van der Waals surface area contributed by atoms with E-state index in [1.54, 1.807) is 24.4 Å². The second kappa shape index (κ2) is 5.20. The molecule has 2 aromatic carbocycles. The summed E-state index contributed by atoms with van der Waals surface area (Å²) in [7, 11) is 0. The van der Waals surface area contributed by atoms with E-state index < -0.39 is 0 Å². The molecule has 1 aromatic heterocycles. The first-order valence-corrected chi connectivity index (χ1v) is 6.37. The molecule has 0 saturated carbocycles. The van der Waals surface area contributed by atoms with Crippen LogP contribution in [0.25, 0.3) is 10.9 Å². The fraction of sp³-hybridized carbons (Fsp3) is 0. The Balaban J connectivity index is 2.02. The third-order valence-electron chi connectivity index (χ3n) is 2.89. The summed E-state index contributed by atoms with van der Waals surface area (Å²) in [5.41, 5.74) is 1.17. The van der Waals surface area contributed by atoms with E-state index in [0.29, 0.717) is 22.1 Å². The summed E-state index contributed by atoms with van der Waals surface area (Å²) < 4.78 is 5.74.